The quantitative estimate of drug-likeness (QED) is 0.532. The molecule has 0 radical (unpaired) electrons. The number of nitrogens with zero attached hydrogens (tertiary/aromatic N) is 1. The molecule has 0 fully saturated rings. The fourth-order valence-corrected chi connectivity index (χ4v) is 1.46. The van der Waals surface area contributed by atoms with Crippen LogP contribution in [-0.4, -0.2) is 11.0 Å². The molecule has 4 heteroatoms. The summed E-state index contributed by atoms with van der Waals surface area (Å²) in [4.78, 5) is 14.6. The maximum atomic E-state index is 10.5. The van der Waals surface area contributed by atoms with Gasteiger partial charge in [-0.05, 0) is 17.7 Å². The molecule has 2 aromatic rings. The first-order valence-electron chi connectivity index (χ1n) is 4.30. The van der Waals surface area contributed by atoms with Crippen LogP contribution in [0.2, 0.25) is 0 Å². The molecule has 0 spiro atoms. The number of para-hydroxylation sites is 1. The molecule has 0 amide bonds. The Labute approximate surface area is 130 Å². The van der Waals surface area contributed by atoms with Gasteiger partial charge < -0.3 is 9.90 Å². The Morgan fingerprint density at radius 1 is 1.27 bits per heavy atom. The number of carboxylic acids is 1. The Morgan fingerprint density at radius 2 is 2.00 bits per heavy atom. The predicted octanol–water partition coefficient (Wildman–Crippen LogP) is -2.47. The van der Waals surface area contributed by atoms with Crippen LogP contribution in [0.5, 0.6) is 0 Å². The van der Waals surface area contributed by atoms with Crippen molar-refractivity contribution in [3.63, 3.8) is 0 Å². The number of carbonyl (C=O) groups is 1. The van der Waals surface area contributed by atoms with Crippen molar-refractivity contribution in [1.82, 2.24) is 4.98 Å². The summed E-state index contributed by atoms with van der Waals surface area (Å²) < 4.78 is 0. The Hall–Kier alpha value is -0.264. The zero-order valence-corrected chi connectivity index (χ0v) is 11.6. The zero-order chi connectivity index (χ0) is 9.97. The van der Waals surface area contributed by atoms with Gasteiger partial charge in [-0.15, -0.1) is 0 Å². The number of hydrogen-bond donors (Lipinski definition) is 0. The van der Waals surface area contributed by atoms with Crippen LogP contribution >= 0.6 is 0 Å². The number of aliphatic carboxylic acids is 1. The van der Waals surface area contributed by atoms with E-state index in [1.807, 2.05) is 24.3 Å². The van der Waals surface area contributed by atoms with Gasteiger partial charge in [-0.25, -0.2) is 0 Å². The molecule has 0 saturated carbocycles. The predicted molar refractivity (Wildman–Crippen MR) is 50.5 cm³/mol. The number of benzene rings is 1. The molecule has 0 bridgehead atoms. The van der Waals surface area contributed by atoms with Crippen molar-refractivity contribution in [3.05, 3.63) is 42.1 Å². The fourth-order valence-electron chi connectivity index (χ4n) is 1.46. The second kappa shape index (κ2) is 5.72. The molecule has 1 aromatic carbocycles. The Bertz CT molecular complexity index is 479. The molecule has 0 aliphatic heterocycles. The van der Waals surface area contributed by atoms with Gasteiger partial charge in [0.1, 0.15) is 0 Å². The van der Waals surface area contributed by atoms with Gasteiger partial charge in [-0.1, -0.05) is 18.2 Å². The minimum atomic E-state index is -1.07. The van der Waals surface area contributed by atoms with Gasteiger partial charge in [0, 0.05) is 24.0 Å². The number of rotatable bonds is 2. The molecular weight excluding hydrogens is 217 g/mol. The van der Waals surface area contributed by atoms with E-state index < -0.39 is 5.97 Å². The average Bonchev–Trinajstić information content (AvgIpc) is 2.18. The number of carbonyl (C=O) groups excluding carboxylic acids is 1. The number of fused-ring (bicyclic) bond motifs is 1. The molecule has 0 N–H and O–H groups in total. The summed E-state index contributed by atoms with van der Waals surface area (Å²) in [5.41, 5.74) is 1.56. The SMILES string of the molecule is O=C([O-])Cc1ccnc2ccccc12.[K+]. The first kappa shape index (κ1) is 12.8. The monoisotopic (exact) mass is 225 g/mol. The number of pyridine rings is 1. The molecule has 0 unspecified atom stereocenters. The van der Waals surface area contributed by atoms with E-state index in [0.717, 1.165) is 16.5 Å². The van der Waals surface area contributed by atoms with E-state index in [1.165, 1.54) is 0 Å². The number of carboxylic acid groups (broad SMARTS) is 1. The third kappa shape index (κ3) is 3.09. The van der Waals surface area contributed by atoms with Crippen molar-refractivity contribution in [1.29, 1.82) is 0 Å². The van der Waals surface area contributed by atoms with E-state index in [2.05, 4.69) is 4.98 Å². The molecule has 2 rings (SSSR count). The maximum absolute atomic E-state index is 10.5. The molecule has 3 nitrogen and oxygen atoms in total. The number of aromatic nitrogens is 1. The summed E-state index contributed by atoms with van der Waals surface area (Å²) in [6.45, 7) is 0. The van der Waals surface area contributed by atoms with Gasteiger partial charge in [0.2, 0.25) is 0 Å². The van der Waals surface area contributed by atoms with Crippen LogP contribution in [0.3, 0.4) is 0 Å². The third-order valence-electron chi connectivity index (χ3n) is 2.07. The normalized spacial score (nSPS) is 9.60. The van der Waals surface area contributed by atoms with Crippen molar-refractivity contribution in [2.24, 2.45) is 0 Å². The minimum absolute atomic E-state index is 0. The second-order valence-electron chi connectivity index (χ2n) is 3.04. The van der Waals surface area contributed by atoms with E-state index in [4.69, 9.17) is 0 Å². The van der Waals surface area contributed by atoms with E-state index in [1.54, 1.807) is 12.3 Å². The Morgan fingerprint density at radius 3 is 2.73 bits per heavy atom. The zero-order valence-electron chi connectivity index (χ0n) is 8.43. The van der Waals surface area contributed by atoms with Gasteiger partial charge in [0.25, 0.3) is 0 Å². The minimum Gasteiger partial charge on any atom is -0.550 e. The van der Waals surface area contributed by atoms with Gasteiger partial charge in [-0.2, -0.15) is 0 Å². The third-order valence-corrected chi connectivity index (χ3v) is 2.07. The summed E-state index contributed by atoms with van der Waals surface area (Å²) in [6, 6.07) is 9.16. The van der Waals surface area contributed by atoms with E-state index >= 15 is 0 Å². The van der Waals surface area contributed by atoms with E-state index in [9.17, 15) is 9.90 Å². The molecule has 70 valence electrons. The summed E-state index contributed by atoms with van der Waals surface area (Å²) in [5.74, 6) is -1.07. The van der Waals surface area contributed by atoms with Crippen LogP contribution in [0.4, 0.5) is 0 Å². The Balaban J connectivity index is 0.00000112. The summed E-state index contributed by atoms with van der Waals surface area (Å²) in [5, 5.41) is 11.4. The van der Waals surface area contributed by atoms with Crippen molar-refractivity contribution >= 4 is 16.9 Å². The summed E-state index contributed by atoms with van der Waals surface area (Å²) in [7, 11) is 0. The maximum Gasteiger partial charge on any atom is 1.00 e. The second-order valence-corrected chi connectivity index (χ2v) is 3.04. The van der Waals surface area contributed by atoms with Gasteiger partial charge >= 0.3 is 51.4 Å². The van der Waals surface area contributed by atoms with Crippen LogP contribution in [0.1, 0.15) is 5.56 Å². The van der Waals surface area contributed by atoms with Crippen molar-refractivity contribution < 1.29 is 61.3 Å². The summed E-state index contributed by atoms with van der Waals surface area (Å²) in [6.07, 6.45) is 1.55. The first-order valence-corrected chi connectivity index (χ1v) is 4.30. The van der Waals surface area contributed by atoms with Crippen LogP contribution in [0, 0.1) is 0 Å². The number of hydrogen-bond acceptors (Lipinski definition) is 3. The van der Waals surface area contributed by atoms with E-state index in [-0.39, 0.29) is 57.8 Å². The van der Waals surface area contributed by atoms with Crippen LogP contribution in [0.25, 0.3) is 10.9 Å². The molecular formula is C11H8KNO2. The standard InChI is InChI=1S/C11H9NO2.K/c13-11(14)7-8-5-6-12-10-4-2-1-3-9(8)10;/h1-6H,7H2,(H,13,14);/q;+1/p-1. The van der Waals surface area contributed by atoms with Crippen molar-refractivity contribution in [2.45, 2.75) is 6.42 Å². The molecule has 1 heterocycles. The molecule has 0 aliphatic rings. The molecule has 15 heavy (non-hydrogen) atoms. The van der Waals surface area contributed by atoms with Crippen LogP contribution in [-0.2, 0) is 11.2 Å². The van der Waals surface area contributed by atoms with Crippen LogP contribution < -0.4 is 56.5 Å². The average molecular weight is 225 g/mol. The van der Waals surface area contributed by atoms with Gasteiger partial charge in [0.05, 0.1) is 5.52 Å². The molecule has 0 aliphatic carbocycles. The smallest absolute Gasteiger partial charge is 0.550 e. The molecule has 0 saturated heterocycles. The fraction of sp³-hybridized carbons (Fsp3) is 0.0909. The van der Waals surface area contributed by atoms with Crippen molar-refractivity contribution in [3.8, 4) is 0 Å². The Kier molecular flexibility index (Phi) is 4.88. The van der Waals surface area contributed by atoms with E-state index in [0.29, 0.717) is 0 Å². The van der Waals surface area contributed by atoms with Crippen LogP contribution in [0.15, 0.2) is 36.5 Å². The van der Waals surface area contributed by atoms with Gasteiger partial charge in [-0.3, -0.25) is 4.98 Å². The topological polar surface area (TPSA) is 53.0 Å². The molecule has 1 aromatic heterocycles. The first-order chi connectivity index (χ1) is 6.77. The molecule has 0 atom stereocenters. The largest absolute Gasteiger partial charge is 1.00 e. The summed E-state index contributed by atoms with van der Waals surface area (Å²) >= 11 is 0. The van der Waals surface area contributed by atoms with Crippen molar-refractivity contribution in [2.75, 3.05) is 0 Å². The van der Waals surface area contributed by atoms with Gasteiger partial charge in [0.15, 0.2) is 0 Å².